The molecule has 0 amide bonds. The van der Waals surface area contributed by atoms with Crippen molar-refractivity contribution < 1.29 is 12.8 Å². The molecule has 5 N–H and O–H groups in total. The lowest BCUT2D eigenvalue weighted by molar-refractivity contribution is 0.598. The molecule has 0 radical (unpaired) electrons. The Labute approximate surface area is 122 Å². The van der Waals surface area contributed by atoms with E-state index in [1.54, 1.807) is 25.1 Å². The summed E-state index contributed by atoms with van der Waals surface area (Å²) in [4.78, 5) is -0.0919. The first-order valence-corrected chi connectivity index (χ1v) is 7.76. The molecule has 2 aromatic rings. The minimum atomic E-state index is -3.91. The van der Waals surface area contributed by atoms with Crippen LogP contribution in [0, 0.1) is 5.82 Å². The Morgan fingerprint density at radius 2 is 1.90 bits per heavy atom. The van der Waals surface area contributed by atoms with Gasteiger partial charge in [0.25, 0.3) is 0 Å². The summed E-state index contributed by atoms with van der Waals surface area (Å²) in [7, 11) is -3.91. The minimum Gasteiger partial charge on any atom is -0.399 e. The van der Waals surface area contributed by atoms with E-state index in [0.29, 0.717) is 16.9 Å². The van der Waals surface area contributed by atoms with Crippen LogP contribution in [0.2, 0.25) is 0 Å². The van der Waals surface area contributed by atoms with Gasteiger partial charge < -0.3 is 11.1 Å². The van der Waals surface area contributed by atoms with E-state index < -0.39 is 10.0 Å². The van der Waals surface area contributed by atoms with Crippen LogP contribution in [0.5, 0.6) is 0 Å². The number of primary sulfonamides is 1. The molecular weight excluding hydrogens is 293 g/mol. The highest BCUT2D eigenvalue weighted by atomic mass is 32.2. The van der Waals surface area contributed by atoms with E-state index in [4.69, 9.17) is 10.9 Å². The molecule has 0 aliphatic heterocycles. The van der Waals surface area contributed by atoms with Crippen LogP contribution in [-0.4, -0.2) is 8.42 Å². The van der Waals surface area contributed by atoms with Gasteiger partial charge in [0.1, 0.15) is 10.7 Å². The average molecular weight is 309 g/mol. The fourth-order valence-electron chi connectivity index (χ4n) is 1.99. The zero-order valence-corrected chi connectivity index (χ0v) is 12.2. The van der Waals surface area contributed by atoms with Gasteiger partial charge >= 0.3 is 0 Å². The Hall–Kier alpha value is -2.12. The van der Waals surface area contributed by atoms with Crippen LogP contribution in [0.25, 0.3) is 0 Å². The molecule has 0 spiro atoms. The molecule has 2 rings (SSSR count). The summed E-state index contributed by atoms with van der Waals surface area (Å²) in [6, 6.07) is 10.1. The smallest absolute Gasteiger partial charge is 0.240 e. The summed E-state index contributed by atoms with van der Waals surface area (Å²) in [5, 5.41) is 8.19. The molecular formula is C14H16FN3O2S. The standard InChI is InChI=1S/C14H16FN3O2S/c1-9(10-3-2-4-11(15)7-10)18-13-6-5-12(16)8-14(13)21(17,19)20/h2-9,18H,16H2,1H3,(H2,17,19,20). The van der Waals surface area contributed by atoms with Crippen LogP contribution >= 0.6 is 0 Å². The SMILES string of the molecule is CC(Nc1ccc(N)cc1S(N)(=O)=O)c1cccc(F)c1. The summed E-state index contributed by atoms with van der Waals surface area (Å²) < 4.78 is 36.4. The number of hydrogen-bond acceptors (Lipinski definition) is 4. The van der Waals surface area contributed by atoms with E-state index >= 15 is 0 Å². The van der Waals surface area contributed by atoms with E-state index in [1.807, 2.05) is 0 Å². The highest BCUT2D eigenvalue weighted by molar-refractivity contribution is 7.89. The fraction of sp³-hybridized carbons (Fsp3) is 0.143. The van der Waals surface area contributed by atoms with Crippen molar-refractivity contribution in [3.8, 4) is 0 Å². The normalized spacial score (nSPS) is 12.9. The molecule has 0 saturated heterocycles. The predicted molar refractivity (Wildman–Crippen MR) is 80.7 cm³/mol. The molecule has 21 heavy (non-hydrogen) atoms. The number of hydrogen-bond donors (Lipinski definition) is 3. The predicted octanol–water partition coefficient (Wildman–Crippen LogP) is 2.23. The van der Waals surface area contributed by atoms with Gasteiger partial charge in [-0.25, -0.2) is 17.9 Å². The van der Waals surface area contributed by atoms with E-state index in [0.717, 1.165) is 0 Å². The fourth-order valence-corrected chi connectivity index (χ4v) is 2.72. The first-order chi connectivity index (χ1) is 9.77. The van der Waals surface area contributed by atoms with Crippen LogP contribution in [0.1, 0.15) is 18.5 Å². The number of anilines is 2. The van der Waals surface area contributed by atoms with E-state index in [9.17, 15) is 12.8 Å². The van der Waals surface area contributed by atoms with Crippen LogP contribution in [-0.2, 0) is 10.0 Å². The molecule has 1 unspecified atom stereocenters. The summed E-state index contributed by atoms with van der Waals surface area (Å²) >= 11 is 0. The van der Waals surface area contributed by atoms with Crippen LogP contribution in [0.15, 0.2) is 47.4 Å². The van der Waals surface area contributed by atoms with Crippen LogP contribution in [0.4, 0.5) is 15.8 Å². The van der Waals surface area contributed by atoms with Gasteiger partial charge in [-0.05, 0) is 42.8 Å². The van der Waals surface area contributed by atoms with Gasteiger partial charge in [-0.2, -0.15) is 0 Å². The van der Waals surface area contributed by atoms with Crippen molar-refractivity contribution in [1.82, 2.24) is 0 Å². The second kappa shape index (κ2) is 5.71. The minimum absolute atomic E-state index is 0.0919. The van der Waals surface area contributed by atoms with Gasteiger partial charge in [-0.1, -0.05) is 12.1 Å². The molecule has 112 valence electrons. The van der Waals surface area contributed by atoms with E-state index in [1.165, 1.54) is 24.3 Å². The largest absolute Gasteiger partial charge is 0.399 e. The zero-order chi connectivity index (χ0) is 15.6. The maximum atomic E-state index is 13.2. The topological polar surface area (TPSA) is 98.2 Å². The third kappa shape index (κ3) is 3.71. The van der Waals surface area contributed by atoms with Crippen molar-refractivity contribution in [3.63, 3.8) is 0 Å². The second-order valence-electron chi connectivity index (χ2n) is 4.72. The van der Waals surface area contributed by atoms with Crippen molar-refractivity contribution in [1.29, 1.82) is 0 Å². The van der Waals surface area contributed by atoms with Gasteiger partial charge in [0.15, 0.2) is 0 Å². The summed E-state index contributed by atoms with van der Waals surface area (Å²) in [6.45, 7) is 1.79. The van der Waals surface area contributed by atoms with Crippen molar-refractivity contribution in [2.45, 2.75) is 17.9 Å². The number of sulfonamides is 1. The Balaban J connectivity index is 2.36. The first-order valence-electron chi connectivity index (χ1n) is 6.21. The molecule has 2 aromatic carbocycles. The van der Waals surface area contributed by atoms with Gasteiger partial charge in [0.05, 0.1) is 5.69 Å². The number of nitrogens with two attached hydrogens (primary N) is 2. The Bertz CT molecular complexity index is 763. The quantitative estimate of drug-likeness (QED) is 0.754. The lowest BCUT2D eigenvalue weighted by atomic mass is 10.1. The number of rotatable bonds is 4. The molecule has 0 saturated carbocycles. The number of benzene rings is 2. The Morgan fingerprint density at radius 1 is 1.19 bits per heavy atom. The number of nitrogens with one attached hydrogen (secondary N) is 1. The maximum Gasteiger partial charge on any atom is 0.240 e. The van der Waals surface area contributed by atoms with Crippen molar-refractivity contribution in [2.24, 2.45) is 5.14 Å². The number of nitrogen functional groups attached to an aromatic ring is 1. The monoisotopic (exact) mass is 309 g/mol. The van der Waals surface area contributed by atoms with Crippen molar-refractivity contribution in [3.05, 3.63) is 53.8 Å². The van der Waals surface area contributed by atoms with Crippen LogP contribution < -0.4 is 16.2 Å². The number of halogens is 1. The van der Waals surface area contributed by atoms with Gasteiger partial charge in [0.2, 0.25) is 10.0 Å². The van der Waals surface area contributed by atoms with Gasteiger partial charge in [-0.15, -0.1) is 0 Å². The van der Waals surface area contributed by atoms with Crippen molar-refractivity contribution >= 4 is 21.4 Å². The van der Waals surface area contributed by atoms with Crippen molar-refractivity contribution in [2.75, 3.05) is 11.1 Å². The highest BCUT2D eigenvalue weighted by Gasteiger charge is 2.16. The molecule has 0 aliphatic carbocycles. The van der Waals surface area contributed by atoms with E-state index in [2.05, 4.69) is 5.32 Å². The molecule has 0 fully saturated rings. The van der Waals surface area contributed by atoms with Gasteiger partial charge in [0, 0.05) is 11.7 Å². The molecule has 0 aliphatic rings. The zero-order valence-electron chi connectivity index (χ0n) is 11.4. The summed E-state index contributed by atoms with van der Waals surface area (Å²) in [5.74, 6) is -0.356. The molecule has 5 nitrogen and oxygen atoms in total. The third-order valence-corrected chi connectivity index (χ3v) is 3.98. The van der Waals surface area contributed by atoms with E-state index in [-0.39, 0.29) is 16.8 Å². The Kier molecular flexibility index (Phi) is 4.15. The molecule has 1 atom stereocenters. The molecule has 0 heterocycles. The summed E-state index contributed by atoms with van der Waals surface area (Å²) in [6.07, 6.45) is 0. The second-order valence-corrected chi connectivity index (χ2v) is 6.25. The summed E-state index contributed by atoms with van der Waals surface area (Å²) in [5.41, 5.74) is 6.89. The average Bonchev–Trinajstić information content (AvgIpc) is 2.39. The lowest BCUT2D eigenvalue weighted by Crippen LogP contribution is -2.17. The Morgan fingerprint density at radius 3 is 2.52 bits per heavy atom. The molecule has 7 heteroatoms. The molecule has 0 bridgehead atoms. The lowest BCUT2D eigenvalue weighted by Gasteiger charge is -2.18. The van der Waals surface area contributed by atoms with Gasteiger partial charge in [-0.3, -0.25) is 0 Å². The third-order valence-electron chi connectivity index (χ3n) is 3.03. The highest BCUT2D eigenvalue weighted by Crippen LogP contribution is 2.27. The first kappa shape index (κ1) is 15.3. The van der Waals surface area contributed by atoms with Crippen LogP contribution in [0.3, 0.4) is 0 Å². The molecule has 0 aromatic heterocycles. The maximum absolute atomic E-state index is 13.2.